The van der Waals surface area contributed by atoms with Crippen LogP contribution < -0.4 is 5.73 Å². The van der Waals surface area contributed by atoms with E-state index in [9.17, 15) is 24.2 Å². The molecule has 0 aromatic heterocycles. The molecule has 0 heterocycles. The average Bonchev–Trinajstić information content (AvgIpc) is 3.25. The molecule has 62 heavy (non-hydrogen) atoms. The van der Waals surface area contributed by atoms with E-state index in [0.29, 0.717) is 19.3 Å². The molecule has 0 amide bonds. The van der Waals surface area contributed by atoms with Gasteiger partial charge in [-0.2, -0.15) is 0 Å². The summed E-state index contributed by atoms with van der Waals surface area (Å²) in [7, 11) is -4.43. The smallest absolute Gasteiger partial charge is 0.462 e. The van der Waals surface area contributed by atoms with Crippen molar-refractivity contribution in [3.8, 4) is 0 Å². The number of hydrogen-bond acceptors (Lipinski definition) is 9. The van der Waals surface area contributed by atoms with Gasteiger partial charge >= 0.3 is 19.8 Å². The third-order valence-corrected chi connectivity index (χ3v) is 10.8. The maximum atomic E-state index is 12.6. The van der Waals surface area contributed by atoms with Gasteiger partial charge in [-0.3, -0.25) is 18.6 Å². The minimum absolute atomic E-state index is 0.0256. The van der Waals surface area contributed by atoms with Crippen molar-refractivity contribution in [2.24, 2.45) is 5.73 Å². The van der Waals surface area contributed by atoms with E-state index in [0.717, 1.165) is 44.9 Å². The van der Waals surface area contributed by atoms with Gasteiger partial charge < -0.3 is 25.2 Å². The summed E-state index contributed by atoms with van der Waals surface area (Å²) < 4.78 is 32.7. The molecule has 4 N–H and O–H groups in total. The minimum Gasteiger partial charge on any atom is -0.462 e. The van der Waals surface area contributed by atoms with E-state index >= 15 is 0 Å². The van der Waals surface area contributed by atoms with Crippen molar-refractivity contribution in [1.82, 2.24) is 0 Å². The third kappa shape index (κ3) is 45.2. The Balaban J connectivity index is 4.28. The Labute approximate surface area is 377 Å². The second kappa shape index (κ2) is 46.2. The molecule has 11 heteroatoms. The highest BCUT2D eigenvalue weighted by molar-refractivity contribution is 7.47. The monoisotopic (exact) mass is 890 g/mol. The molecule has 0 bridgehead atoms. The van der Waals surface area contributed by atoms with Gasteiger partial charge in [0.25, 0.3) is 0 Å². The van der Waals surface area contributed by atoms with Crippen LogP contribution in [0.15, 0.2) is 85.1 Å². The van der Waals surface area contributed by atoms with Crippen LogP contribution in [0.25, 0.3) is 0 Å². The Bertz CT molecular complexity index is 1310. The average molecular weight is 890 g/mol. The summed E-state index contributed by atoms with van der Waals surface area (Å²) in [5.41, 5.74) is 5.35. The molecule has 0 aliphatic heterocycles. The van der Waals surface area contributed by atoms with Gasteiger partial charge in [0.15, 0.2) is 6.10 Å². The van der Waals surface area contributed by atoms with Gasteiger partial charge in [0.1, 0.15) is 6.61 Å². The van der Waals surface area contributed by atoms with E-state index in [1.807, 2.05) is 18.2 Å². The second-order valence-electron chi connectivity index (χ2n) is 15.8. The lowest BCUT2D eigenvalue weighted by Crippen LogP contribution is -2.29. The van der Waals surface area contributed by atoms with Gasteiger partial charge in [-0.15, -0.1) is 0 Å². The summed E-state index contributed by atoms with van der Waals surface area (Å²) >= 11 is 0. The van der Waals surface area contributed by atoms with Gasteiger partial charge in [0.05, 0.1) is 19.3 Å². The molecule has 356 valence electrons. The molecule has 0 aromatic carbocycles. The zero-order valence-corrected chi connectivity index (χ0v) is 39.8. The number of unbranched alkanes of at least 4 members (excludes halogenated alkanes) is 17. The van der Waals surface area contributed by atoms with Crippen molar-refractivity contribution < 1.29 is 42.7 Å². The van der Waals surface area contributed by atoms with Gasteiger partial charge in [0.2, 0.25) is 0 Å². The molecule has 0 spiro atoms. The Morgan fingerprint density at radius 3 is 1.69 bits per heavy atom. The molecule has 0 saturated carbocycles. The summed E-state index contributed by atoms with van der Waals surface area (Å²) in [5.74, 6) is -1.01. The molecule has 10 nitrogen and oxygen atoms in total. The van der Waals surface area contributed by atoms with Crippen LogP contribution in [-0.2, 0) is 32.7 Å². The van der Waals surface area contributed by atoms with Crippen LogP contribution >= 0.6 is 7.82 Å². The van der Waals surface area contributed by atoms with Crippen LogP contribution in [0.4, 0.5) is 0 Å². The van der Waals surface area contributed by atoms with E-state index in [2.05, 4.69) is 62.5 Å². The number of carbonyl (C=O) groups is 2. The lowest BCUT2D eigenvalue weighted by Gasteiger charge is -2.19. The van der Waals surface area contributed by atoms with E-state index in [1.165, 1.54) is 96.3 Å². The molecular weight excluding hydrogens is 802 g/mol. The number of phosphoric ester groups is 1. The van der Waals surface area contributed by atoms with Crippen LogP contribution in [0.2, 0.25) is 0 Å². The lowest BCUT2D eigenvalue weighted by atomic mass is 10.0. The minimum atomic E-state index is -4.43. The molecule has 0 rings (SSSR count). The largest absolute Gasteiger partial charge is 0.472 e. The topological polar surface area (TPSA) is 155 Å². The first-order valence-corrected chi connectivity index (χ1v) is 25.7. The second-order valence-corrected chi connectivity index (χ2v) is 17.2. The summed E-state index contributed by atoms with van der Waals surface area (Å²) in [6.07, 6.45) is 55.1. The molecule has 0 fully saturated rings. The molecule has 0 aromatic rings. The number of esters is 2. The third-order valence-electron chi connectivity index (χ3n) is 9.86. The number of aliphatic hydroxyl groups excluding tert-OH is 1. The van der Waals surface area contributed by atoms with Gasteiger partial charge in [-0.05, 0) is 70.6 Å². The molecule has 0 saturated heterocycles. The van der Waals surface area contributed by atoms with Crippen molar-refractivity contribution >= 4 is 19.8 Å². The Morgan fingerprint density at radius 1 is 0.581 bits per heavy atom. The van der Waals surface area contributed by atoms with Crippen molar-refractivity contribution in [2.75, 3.05) is 26.4 Å². The molecule has 0 aliphatic carbocycles. The normalized spacial score (nSPS) is 14.5. The standard InChI is InChI=1S/C51H88NO9P/c1-3-5-7-9-11-13-15-17-18-19-20-21-22-23-24-26-28-30-32-34-38-43-51(55)61-49(47-60-62(56,57)59-45-44-52)46-58-50(54)42-39-35-37-41-48(53)40-36-33-31-29-27-25-16-14-12-10-8-6-4-2/h6,8,12,14,17-18,25,27,31,33,35-37,40,48-49,53H,3-5,7,9-11,13,15-16,19-24,26,28-30,32,34,38-39,41-47,52H2,1-2H3,(H,56,57)/b8-6-,14-12-,18-17-,27-25-,33-31-,37-35-,40-36-/t48?,49-/m1/s1. The highest BCUT2D eigenvalue weighted by Crippen LogP contribution is 2.43. The number of allylic oxidation sites excluding steroid dienone is 12. The van der Waals surface area contributed by atoms with Crippen molar-refractivity contribution in [3.05, 3.63) is 85.1 Å². The molecule has 2 unspecified atom stereocenters. The number of ether oxygens (including phenoxy) is 2. The van der Waals surface area contributed by atoms with Crippen LogP contribution in [0.3, 0.4) is 0 Å². The molecule has 0 aliphatic rings. The van der Waals surface area contributed by atoms with E-state index in [1.54, 1.807) is 18.2 Å². The number of phosphoric acid groups is 1. The molecule has 0 radical (unpaired) electrons. The highest BCUT2D eigenvalue weighted by atomic mass is 31.2. The maximum Gasteiger partial charge on any atom is 0.472 e. The zero-order valence-electron chi connectivity index (χ0n) is 38.9. The van der Waals surface area contributed by atoms with Crippen LogP contribution in [-0.4, -0.2) is 60.5 Å². The fourth-order valence-electron chi connectivity index (χ4n) is 6.27. The Hall–Kier alpha value is -2.85. The van der Waals surface area contributed by atoms with Gasteiger partial charge in [-0.1, -0.05) is 189 Å². The van der Waals surface area contributed by atoms with Gasteiger partial charge in [-0.25, -0.2) is 4.57 Å². The zero-order chi connectivity index (χ0) is 45.5. The number of rotatable bonds is 44. The predicted octanol–water partition coefficient (Wildman–Crippen LogP) is 13.4. The number of nitrogens with two attached hydrogens (primary N) is 1. The Morgan fingerprint density at radius 2 is 1.11 bits per heavy atom. The van der Waals surface area contributed by atoms with E-state index in [4.69, 9.17) is 24.3 Å². The Kier molecular flexibility index (Phi) is 44.0. The van der Waals surface area contributed by atoms with Crippen molar-refractivity contribution in [1.29, 1.82) is 0 Å². The number of hydrogen-bond donors (Lipinski definition) is 3. The number of aliphatic hydroxyl groups is 1. The molecule has 3 atom stereocenters. The van der Waals surface area contributed by atoms with E-state index < -0.39 is 38.6 Å². The lowest BCUT2D eigenvalue weighted by molar-refractivity contribution is -0.161. The first-order valence-electron chi connectivity index (χ1n) is 24.2. The van der Waals surface area contributed by atoms with Crippen LogP contribution in [0.5, 0.6) is 0 Å². The summed E-state index contributed by atoms with van der Waals surface area (Å²) in [6.45, 7) is 3.41. The summed E-state index contributed by atoms with van der Waals surface area (Å²) in [4.78, 5) is 35.0. The number of carbonyl (C=O) groups excluding carboxylic acids is 2. The van der Waals surface area contributed by atoms with Crippen molar-refractivity contribution in [3.63, 3.8) is 0 Å². The molecular formula is C51H88NO9P. The predicted molar refractivity (Wildman–Crippen MR) is 258 cm³/mol. The van der Waals surface area contributed by atoms with Crippen LogP contribution in [0.1, 0.15) is 187 Å². The van der Waals surface area contributed by atoms with Gasteiger partial charge in [0, 0.05) is 19.4 Å². The van der Waals surface area contributed by atoms with Crippen molar-refractivity contribution in [2.45, 2.75) is 199 Å². The highest BCUT2D eigenvalue weighted by Gasteiger charge is 2.26. The fourth-order valence-corrected chi connectivity index (χ4v) is 7.03. The van der Waals surface area contributed by atoms with Crippen LogP contribution in [0, 0.1) is 0 Å². The quantitative estimate of drug-likeness (QED) is 0.0177. The first-order chi connectivity index (χ1) is 30.2. The fraction of sp³-hybridized carbons (Fsp3) is 0.686. The van der Waals surface area contributed by atoms with E-state index in [-0.39, 0.29) is 32.6 Å². The maximum absolute atomic E-state index is 12.6. The summed E-state index contributed by atoms with van der Waals surface area (Å²) in [6, 6.07) is 0. The summed E-state index contributed by atoms with van der Waals surface area (Å²) in [5, 5.41) is 10.2. The SMILES string of the molecule is CC/C=C\C/C=C\C/C=C\C/C=C\C=C/C(O)C/C=C\CCC(=O)OC[C@H](COP(=O)(O)OCCN)OC(=O)CCCCCCCCCCCCC/C=C\CCCCCCCC. The first kappa shape index (κ1) is 59.1.